The number of rotatable bonds is 5. The summed E-state index contributed by atoms with van der Waals surface area (Å²) < 4.78 is 18.5. The summed E-state index contributed by atoms with van der Waals surface area (Å²) in [6.45, 7) is 0.931. The summed E-state index contributed by atoms with van der Waals surface area (Å²) in [5.41, 5.74) is 3.27. The topological polar surface area (TPSA) is 62.5 Å². The van der Waals surface area contributed by atoms with Crippen molar-refractivity contribution in [2.24, 2.45) is 0 Å². The first-order chi connectivity index (χ1) is 13.0. The van der Waals surface area contributed by atoms with Gasteiger partial charge in [0.2, 0.25) is 0 Å². The molecule has 7 heteroatoms. The second-order valence-electron chi connectivity index (χ2n) is 6.82. The molecule has 148 valence electrons. The van der Waals surface area contributed by atoms with Crippen LogP contribution in [0.3, 0.4) is 0 Å². The highest BCUT2D eigenvalue weighted by Crippen LogP contribution is 2.37. The smallest absolute Gasteiger partial charge is 0.339 e. The van der Waals surface area contributed by atoms with Crippen LogP contribution in [-0.2, 0) is 25.8 Å². The number of aromatic hydroxyl groups is 1. The van der Waals surface area contributed by atoms with E-state index in [0.717, 1.165) is 41.3 Å². The minimum Gasteiger partial charge on any atom is -0.506 e. The van der Waals surface area contributed by atoms with E-state index in [1.165, 1.54) is 12.1 Å². The molecule has 1 heterocycles. The van der Waals surface area contributed by atoms with Gasteiger partial charge in [0.05, 0.1) is 10.6 Å². The van der Waals surface area contributed by atoms with Gasteiger partial charge in [0, 0.05) is 17.5 Å². The maximum Gasteiger partial charge on any atom is 0.339 e. The zero-order chi connectivity index (χ0) is 19.0. The van der Waals surface area contributed by atoms with E-state index < -0.39 is 0 Å². The van der Waals surface area contributed by atoms with Crippen LogP contribution < -0.4 is 10.9 Å². The van der Waals surface area contributed by atoms with Gasteiger partial charge in [-0.15, -0.1) is 12.4 Å². The van der Waals surface area contributed by atoms with Gasteiger partial charge in [0.15, 0.2) is 0 Å². The molecule has 4 nitrogen and oxygen atoms in total. The number of aryl methyl sites for hydroxylation is 1. The number of fused-ring (bicyclic) bond motifs is 3. The average Bonchev–Trinajstić information content (AvgIpc) is 3.15. The normalized spacial score (nSPS) is 12.8. The van der Waals surface area contributed by atoms with Crippen LogP contribution in [-0.4, -0.2) is 11.7 Å². The lowest BCUT2D eigenvalue weighted by Gasteiger charge is -2.13. The second-order valence-corrected chi connectivity index (χ2v) is 7.22. The van der Waals surface area contributed by atoms with E-state index in [2.05, 4.69) is 5.32 Å². The molecule has 0 saturated heterocycles. The second kappa shape index (κ2) is 8.52. The van der Waals surface area contributed by atoms with Gasteiger partial charge >= 0.3 is 5.63 Å². The molecule has 0 aliphatic heterocycles. The summed E-state index contributed by atoms with van der Waals surface area (Å²) >= 11 is 6.22. The first kappa shape index (κ1) is 20.6. The Hall–Kier alpha value is -2.08. The van der Waals surface area contributed by atoms with E-state index >= 15 is 0 Å². The molecular formula is C21H20Cl2FNO3. The molecule has 2 aromatic carbocycles. The van der Waals surface area contributed by atoms with Crippen molar-refractivity contribution in [2.75, 3.05) is 6.54 Å². The fourth-order valence-electron chi connectivity index (χ4n) is 3.70. The highest BCUT2D eigenvalue weighted by Gasteiger charge is 2.23. The number of hydrogen-bond acceptors (Lipinski definition) is 4. The molecule has 0 unspecified atom stereocenters. The van der Waals surface area contributed by atoms with E-state index in [0.29, 0.717) is 30.7 Å². The van der Waals surface area contributed by atoms with E-state index in [4.69, 9.17) is 16.0 Å². The van der Waals surface area contributed by atoms with Crippen molar-refractivity contribution in [1.82, 2.24) is 5.32 Å². The Balaban J connectivity index is 0.00000225. The Morgan fingerprint density at radius 2 is 1.89 bits per heavy atom. The molecule has 0 amide bonds. The lowest BCUT2D eigenvalue weighted by molar-refractivity contribution is 0.461. The van der Waals surface area contributed by atoms with E-state index in [-0.39, 0.29) is 34.6 Å². The van der Waals surface area contributed by atoms with Crippen molar-refractivity contribution in [2.45, 2.75) is 32.2 Å². The van der Waals surface area contributed by atoms with Crippen molar-refractivity contribution < 1.29 is 13.9 Å². The SMILES string of the molecule is Cl.O=c1oc2c(CNCCc3ccc(F)cc3)c(O)c(Cl)cc2c2c1CCC2. The molecular weight excluding hydrogens is 404 g/mol. The predicted octanol–water partition coefficient (Wildman–Crippen LogP) is 4.53. The van der Waals surface area contributed by atoms with Crippen LogP contribution in [0.1, 0.15) is 28.7 Å². The van der Waals surface area contributed by atoms with Crippen molar-refractivity contribution in [3.8, 4) is 5.75 Å². The van der Waals surface area contributed by atoms with Gasteiger partial charge < -0.3 is 14.8 Å². The zero-order valence-corrected chi connectivity index (χ0v) is 16.6. The van der Waals surface area contributed by atoms with Crippen molar-refractivity contribution >= 4 is 35.0 Å². The lowest BCUT2D eigenvalue weighted by Crippen LogP contribution is -2.18. The predicted molar refractivity (Wildman–Crippen MR) is 110 cm³/mol. The Bertz CT molecular complexity index is 1060. The Labute approximate surface area is 172 Å². The molecule has 0 atom stereocenters. The number of benzene rings is 2. The van der Waals surface area contributed by atoms with Crippen LogP contribution in [0.15, 0.2) is 39.5 Å². The van der Waals surface area contributed by atoms with Crippen molar-refractivity contribution in [3.63, 3.8) is 0 Å². The Morgan fingerprint density at radius 3 is 2.64 bits per heavy atom. The number of phenols is 1. The zero-order valence-electron chi connectivity index (χ0n) is 15.1. The summed E-state index contributed by atoms with van der Waals surface area (Å²) in [4.78, 5) is 12.3. The van der Waals surface area contributed by atoms with Gasteiger partial charge in [0.25, 0.3) is 0 Å². The maximum atomic E-state index is 13.0. The number of phenolic OH excluding ortho intramolecular Hbond substituents is 1. The summed E-state index contributed by atoms with van der Waals surface area (Å²) in [5, 5.41) is 14.7. The number of nitrogens with one attached hydrogen (secondary N) is 1. The van der Waals surface area contributed by atoms with Crippen LogP contribution in [0.25, 0.3) is 11.0 Å². The standard InChI is InChI=1S/C21H19ClFNO3.ClH/c22-18-10-16-14-2-1-3-15(14)21(26)27-20(16)17(19(18)25)11-24-9-8-12-4-6-13(23)7-5-12;/h4-7,10,24-25H,1-3,8-9,11H2;1H. The number of hydrogen-bond donors (Lipinski definition) is 2. The molecule has 1 aliphatic rings. The van der Waals surface area contributed by atoms with Gasteiger partial charge in [-0.1, -0.05) is 23.7 Å². The average molecular weight is 424 g/mol. The molecule has 1 aromatic heterocycles. The molecule has 1 aliphatic carbocycles. The van der Waals surface area contributed by atoms with Gasteiger partial charge in [-0.25, -0.2) is 9.18 Å². The lowest BCUT2D eigenvalue weighted by atomic mass is 10.0. The Kier molecular flexibility index (Phi) is 6.28. The first-order valence-corrected chi connectivity index (χ1v) is 9.36. The highest BCUT2D eigenvalue weighted by atomic mass is 35.5. The van der Waals surface area contributed by atoms with E-state index in [1.807, 2.05) is 0 Å². The van der Waals surface area contributed by atoms with Crippen molar-refractivity contribution in [1.29, 1.82) is 0 Å². The third kappa shape index (κ3) is 3.88. The fourth-order valence-corrected chi connectivity index (χ4v) is 3.92. The summed E-state index contributed by atoms with van der Waals surface area (Å²) in [5.74, 6) is -0.330. The summed E-state index contributed by atoms with van der Waals surface area (Å²) in [6, 6.07) is 8.03. The molecule has 0 radical (unpaired) electrons. The molecule has 0 bridgehead atoms. The molecule has 4 rings (SSSR count). The van der Waals surface area contributed by atoms with Gasteiger partial charge in [0.1, 0.15) is 17.1 Å². The molecule has 0 spiro atoms. The third-order valence-corrected chi connectivity index (χ3v) is 5.38. The molecule has 28 heavy (non-hydrogen) atoms. The van der Waals surface area contributed by atoms with Crippen LogP contribution in [0.5, 0.6) is 5.75 Å². The van der Waals surface area contributed by atoms with Crippen LogP contribution in [0, 0.1) is 5.82 Å². The molecule has 3 aromatic rings. The van der Waals surface area contributed by atoms with Crippen LogP contribution in [0.4, 0.5) is 4.39 Å². The molecule has 0 fully saturated rings. The van der Waals surface area contributed by atoms with E-state index in [1.54, 1.807) is 18.2 Å². The third-order valence-electron chi connectivity index (χ3n) is 5.09. The monoisotopic (exact) mass is 423 g/mol. The summed E-state index contributed by atoms with van der Waals surface area (Å²) in [6.07, 6.45) is 3.16. The van der Waals surface area contributed by atoms with Gasteiger partial charge in [-0.3, -0.25) is 0 Å². The Morgan fingerprint density at radius 1 is 1.18 bits per heavy atom. The minimum absolute atomic E-state index is 0. The largest absolute Gasteiger partial charge is 0.506 e. The quantitative estimate of drug-likeness (QED) is 0.467. The minimum atomic E-state index is -0.329. The van der Waals surface area contributed by atoms with Crippen LogP contribution >= 0.6 is 24.0 Å². The first-order valence-electron chi connectivity index (χ1n) is 8.98. The van der Waals surface area contributed by atoms with Crippen molar-refractivity contribution in [3.05, 3.63) is 73.8 Å². The van der Waals surface area contributed by atoms with Gasteiger partial charge in [-0.05, 0) is 61.6 Å². The van der Waals surface area contributed by atoms with Crippen LogP contribution in [0.2, 0.25) is 5.02 Å². The van der Waals surface area contributed by atoms with Gasteiger partial charge in [-0.2, -0.15) is 0 Å². The number of halogens is 3. The van der Waals surface area contributed by atoms with E-state index in [9.17, 15) is 14.3 Å². The molecule has 2 N–H and O–H groups in total. The maximum absolute atomic E-state index is 13.0. The fraction of sp³-hybridized carbons (Fsp3) is 0.286. The summed E-state index contributed by atoms with van der Waals surface area (Å²) in [7, 11) is 0. The highest BCUT2D eigenvalue weighted by molar-refractivity contribution is 6.33. The molecule has 0 saturated carbocycles.